The third kappa shape index (κ3) is 5.37. The average molecular weight is 500 g/mol. The van der Waals surface area contributed by atoms with E-state index in [1.54, 1.807) is 6.20 Å². The number of hydrogen-bond acceptors (Lipinski definition) is 4. The molecule has 2 aromatic rings. The van der Waals surface area contributed by atoms with Crippen molar-refractivity contribution in [2.75, 3.05) is 25.9 Å². The number of aromatic nitrogens is 3. The van der Waals surface area contributed by atoms with E-state index in [4.69, 9.17) is 0 Å². The lowest BCUT2D eigenvalue weighted by Gasteiger charge is -2.36. The second kappa shape index (κ2) is 10.3. The smallest absolute Gasteiger partial charge is 0.193 e. The highest BCUT2D eigenvalue weighted by atomic mass is 127. The number of hydrogen-bond donors (Lipinski definition) is 1. The van der Waals surface area contributed by atoms with Gasteiger partial charge in [-0.3, -0.25) is 9.56 Å². The first kappa shape index (κ1) is 22.0. The van der Waals surface area contributed by atoms with Crippen LogP contribution in [0.3, 0.4) is 0 Å². The lowest BCUT2D eigenvalue weighted by atomic mass is 10.1. The van der Waals surface area contributed by atoms with Gasteiger partial charge in [0.2, 0.25) is 0 Å². The first-order chi connectivity index (χ1) is 12.6. The lowest BCUT2D eigenvalue weighted by molar-refractivity contribution is 0.380. The molecule has 0 aliphatic carbocycles. The molecule has 1 unspecified atom stereocenters. The molecule has 3 rings (SSSR count). The molecule has 1 aliphatic heterocycles. The minimum absolute atomic E-state index is 0. The molecule has 3 heterocycles. The van der Waals surface area contributed by atoms with Crippen molar-refractivity contribution in [2.24, 2.45) is 10.9 Å². The molecule has 6 nitrogen and oxygen atoms in total. The molecular formula is C19H29IN6S. The van der Waals surface area contributed by atoms with Crippen molar-refractivity contribution in [1.82, 2.24) is 24.8 Å². The number of aryl methyl sites for hydroxylation is 1. The number of halogens is 1. The summed E-state index contributed by atoms with van der Waals surface area (Å²) in [4.78, 5) is 15.8. The molecule has 0 bridgehead atoms. The number of imidazole rings is 1. The molecule has 148 valence electrons. The van der Waals surface area contributed by atoms with Gasteiger partial charge in [-0.1, -0.05) is 19.9 Å². The van der Waals surface area contributed by atoms with E-state index in [1.165, 1.54) is 0 Å². The predicted octanol–water partition coefficient (Wildman–Crippen LogP) is 3.34. The number of thioether (sulfide) groups is 1. The van der Waals surface area contributed by atoms with E-state index in [0.29, 0.717) is 17.7 Å². The zero-order valence-corrected chi connectivity index (χ0v) is 19.6. The molecule has 0 spiro atoms. The molecule has 0 saturated carbocycles. The van der Waals surface area contributed by atoms with E-state index in [0.717, 1.165) is 42.0 Å². The predicted molar refractivity (Wildman–Crippen MR) is 124 cm³/mol. The van der Waals surface area contributed by atoms with Crippen LogP contribution in [0.4, 0.5) is 0 Å². The van der Waals surface area contributed by atoms with E-state index >= 15 is 0 Å². The Bertz CT molecular complexity index is 760. The van der Waals surface area contributed by atoms with Crippen molar-refractivity contribution in [2.45, 2.75) is 32.6 Å². The van der Waals surface area contributed by atoms with Crippen LogP contribution in [-0.2, 0) is 6.54 Å². The van der Waals surface area contributed by atoms with Crippen molar-refractivity contribution in [3.8, 4) is 5.82 Å². The lowest BCUT2D eigenvalue weighted by Crippen LogP contribution is -2.48. The monoisotopic (exact) mass is 500 g/mol. The maximum atomic E-state index is 4.56. The van der Waals surface area contributed by atoms with Gasteiger partial charge in [-0.25, -0.2) is 9.97 Å². The minimum Gasteiger partial charge on any atom is -0.352 e. The largest absolute Gasteiger partial charge is 0.352 e. The Labute approximate surface area is 183 Å². The number of nitrogens with zero attached hydrogens (tertiary/aromatic N) is 5. The van der Waals surface area contributed by atoms with Crippen LogP contribution in [0, 0.1) is 12.8 Å². The van der Waals surface area contributed by atoms with Crippen molar-refractivity contribution in [3.63, 3.8) is 0 Å². The zero-order valence-electron chi connectivity index (χ0n) is 16.4. The summed E-state index contributed by atoms with van der Waals surface area (Å²) in [5.41, 5.74) is 1.13. The van der Waals surface area contributed by atoms with Crippen LogP contribution < -0.4 is 5.32 Å². The molecule has 0 radical (unpaired) electrons. The summed E-state index contributed by atoms with van der Waals surface area (Å²) in [5, 5.41) is 4.19. The van der Waals surface area contributed by atoms with E-state index in [1.807, 2.05) is 37.0 Å². The number of nitrogens with one attached hydrogen (secondary N) is 1. The number of aliphatic imine (C=N–C) groups is 1. The van der Waals surface area contributed by atoms with Crippen LogP contribution in [0.15, 0.2) is 35.7 Å². The molecular weight excluding hydrogens is 471 g/mol. The SMILES string of the molecule is CN=C(NCc1cccnc1-n1ccnc1C)N1CCSC(C(C)C)C1.I. The highest BCUT2D eigenvalue weighted by molar-refractivity contribution is 14.0. The van der Waals surface area contributed by atoms with Crippen LogP contribution in [0.5, 0.6) is 0 Å². The Morgan fingerprint density at radius 2 is 2.19 bits per heavy atom. The van der Waals surface area contributed by atoms with Gasteiger partial charge in [0, 0.05) is 61.8 Å². The molecule has 1 N–H and O–H groups in total. The third-order valence-corrected chi connectivity index (χ3v) is 6.25. The van der Waals surface area contributed by atoms with Gasteiger partial charge >= 0.3 is 0 Å². The number of guanidine groups is 1. The summed E-state index contributed by atoms with van der Waals surface area (Å²) >= 11 is 2.07. The summed E-state index contributed by atoms with van der Waals surface area (Å²) in [6.07, 6.45) is 5.57. The fourth-order valence-corrected chi connectivity index (χ4v) is 4.46. The first-order valence-corrected chi connectivity index (χ1v) is 10.2. The van der Waals surface area contributed by atoms with Gasteiger partial charge in [0.15, 0.2) is 5.96 Å². The number of rotatable bonds is 4. The van der Waals surface area contributed by atoms with Gasteiger partial charge in [-0.15, -0.1) is 24.0 Å². The molecule has 1 saturated heterocycles. The fraction of sp³-hybridized carbons (Fsp3) is 0.526. The van der Waals surface area contributed by atoms with Gasteiger partial charge < -0.3 is 10.2 Å². The summed E-state index contributed by atoms with van der Waals surface area (Å²) < 4.78 is 2.02. The van der Waals surface area contributed by atoms with Crippen molar-refractivity contribution in [1.29, 1.82) is 0 Å². The average Bonchev–Trinajstić information content (AvgIpc) is 3.08. The van der Waals surface area contributed by atoms with Gasteiger partial charge in [0.05, 0.1) is 0 Å². The molecule has 1 fully saturated rings. The maximum Gasteiger partial charge on any atom is 0.193 e. The molecule has 2 aromatic heterocycles. The van der Waals surface area contributed by atoms with E-state index in [2.05, 4.69) is 56.9 Å². The van der Waals surface area contributed by atoms with E-state index < -0.39 is 0 Å². The molecule has 1 atom stereocenters. The molecule has 0 aromatic carbocycles. The fourth-order valence-electron chi connectivity index (χ4n) is 3.16. The summed E-state index contributed by atoms with van der Waals surface area (Å²) in [6, 6.07) is 4.08. The Hall–Kier alpha value is -1.29. The highest BCUT2D eigenvalue weighted by Gasteiger charge is 2.25. The van der Waals surface area contributed by atoms with Gasteiger partial charge in [-0.05, 0) is 18.9 Å². The van der Waals surface area contributed by atoms with Crippen LogP contribution in [-0.4, -0.2) is 56.5 Å². The molecule has 1 aliphatic rings. The molecule has 0 amide bonds. The normalized spacial score (nSPS) is 17.7. The Balaban J connectivity index is 0.00000261. The zero-order chi connectivity index (χ0) is 18.5. The topological polar surface area (TPSA) is 58.3 Å². The second-order valence-corrected chi connectivity index (χ2v) is 8.18. The molecule has 8 heteroatoms. The van der Waals surface area contributed by atoms with Gasteiger partial charge in [0.25, 0.3) is 0 Å². The molecule has 27 heavy (non-hydrogen) atoms. The Morgan fingerprint density at radius 3 is 2.85 bits per heavy atom. The number of pyridine rings is 1. The minimum atomic E-state index is 0. The summed E-state index contributed by atoms with van der Waals surface area (Å²) in [7, 11) is 1.86. The van der Waals surface area contributed by atoms with Gasteiger partial charge in [-0.2, -0.15) is 11.8 Å². The van der Waals surface area contributed by atoms with Gasteiger partial charge in [0.1, 0.15) is 11.6 Å². The Kier molecular flexibility index (Phi) is 8.40. The van der Waals surface area contributed by atoms with E-state index in [9.17, 15) is 0 Å². The highest BCUT2D eigenvalue weighted by Crippen LogP contribution is 2.25. The van der Waals surface area contributed by atoms with Crippen molar-refractivity contribution >= 4 is 41.7 Å². The third-order valence-electron chi connectivity index (χ3n) is 4.71. The maximum absolute atomic E-state index is 4.56. The second-order valence-electron chi connectivity index (χ2n) is 6.83. The standard InChI is InChI=1S/C19H28N6S.HI/c1-14(2)17-13-24(10-11-26-17)19(20-4)23-12-16-6-5-7-22-18(16)25-9-8-21-15(25)3;/h5-9,14,17H,10-13H2,1-4H3,(H,20,23);1H. The van der Waals surface area contributed by atoms with Crippen molar-refractivity contribution in [3.05, 3.63) is 42.1 Å². The van der Waals surface area contributed by atoms with Crippen LogP contribution in [0.2, 0.25) is 0 Å². The van der Waals surface area contributed by atoms with Crippen LogP contribution in [0.25, 0.3) is 5.82 Å². The van der Waals surface area contributed by atoms with Crippen LogP contribution in [0.1, 0.15) is 25.2 Å². The van der Waals surface area contributed by atoms with E-state index in [-0.39, 0.29) is 24.0 Å². The van der Waals surface area contributed by atoms with Crippen LogP contribution >= 0.6 is 35.7 Å². The van der Waals surface area contributed by atoms with Crippen molar-refractivity contribution < 1.29 is 0 Å². The summed E-state index contributed by atoms with van der Waals surface area (Å²) in [6.45, 7) is 9.35. The first-order valence-electron chi connectivity index (χ1n) is 9.11. The Morgan fingerprint density at radius 1 is 1.37 bits per heavy atom. The summed E-state index contributed by atoms with van der Waals surface area (Å²) in [5.74, 6) is 4.64. The quantitative estimate of drug-likeness (QED) is 0.397.